The summed E-state index contributed by atoms with van der Waals surface area (Å²) in [5.74, 6) is -1.76. The Morgan fingerprint density at radius 1 is 1.56 bits per heavy atom. The van der Waals surface area contributed by atoms with E-state index in [1.54, 1.807) is 0 Å². The lowest BCUT2D eigenvalue weighted by Crippen LogP contribution is -2.47. The number of carbonyl (C=O) groups is 2. The Morgan fingerprint density at radius 2 is 2.12 bits per heavy atom. The van der Waals surface area contributed by atoms with Crippen LogP contribution < -0.4 is 0 Å². The highest BCUT2D eigenvalue weighted by Crippen LogP contribution is 2.29. The zero-order valence-electron chi connectivity index (χ0n) is 9.93. The van der Waals surface area contributed by atoms with E-state index in [1.165, 1.54) is 4.90 Å². The predicted octanol–water partition coefficient (Wildman–Crippen LogP) is 0.326. The fourth-order valence-corrected chi connectivity index (χ4v) is 2.04. The number of aliphatic carboxylic acids is 1. The third-order valence-corrected chi connectivity index (χ3v) is 3.06. The van der Waals surface area contributed by atoms with Crippen molar-refractivity contribution >= 4 is 11.9 Å². The minimum Gasteiger partial charge on any atom is -0.481 e. The van der Waals surface area contributed by atoms with Crippen LogP contribution in [0.15, 0.2) is 0 Å². The van der Waals surface area contributed by atoms with E-state index in [2.05, 4.69) is 0 Å². The summed E-state index contributed by atoms with van der Waals surface area (Å²) in [5, 5.41) is 18.2. The van der Waals surface area contributed by atoms with Crippen molar-refractivity contribution in [1.82, 2.24) is 4.90 Å². The molecular weight excluding hydrogens is 210 g/mol. The molecule has 1 unspecified atom stereocenters. The van der Waals surface area contributed by atoms with Gasteiger partial charge in [-0.2, -0.15) is 0 Å². The molecule has 1 fully saturated rings. The summed E-state index contributed by atoms with van der Waals surface area (Å²) in [6.07, 6.45) is 0.0436. The number of rotatable bonds is 3. The number of aliphatic hydroxyl groups is 1. The molecule has 0 aromatic heterocycles. The van der Waals surface area contributed by atoms with Gasteiger partial charge >= 0.3 is 5.97 Å². The summed E-state index contributed by atoms with van der Waals surface area (Å²) < 4.78 is 0. The van der Waals surface area contributed by atoms with Gasteiger partial charge in [0, 0.05) is 13.0 Å². The minimum absolute atomic E-state index is 0.0436. The van der Waals surface area contributed by atoms with Gasteiger partial charge in [-0.3, -0.25) is 9.59 Å². The van der Waals surface area contributed by atoms with Crippen LogP contribution in [0.4, 0.5) is 0 Å². The second-order valence-corrected chi connectivity index (χ2v) is 5.35. The summed E-state index contributed by atoms with van der Waals surface area (Å²) in [5.41, 5.74) is -0.252. The average Bonchev–Trinajstić information content (AvgIpc) is 2.47. The first-order valence-corrected chi connectivity index (χ1v) is 5.40. The Hall–Kier alpha value is -1.10. The Balaban J connectivity index is 2.81. The number of amides is 1. The standard InChI is InChI=1S/C11H19NO4/c1-11(2,3)8(6-13)12-5-7(10(15)16)4-9(12)14/h7-8,13H,4-6H2,1-3H3,(H,15,16)/t7?,8-/m1/s1. The van der Waals surface area contributed by atoms with Crippen molar-refractivity contribution in [3.63, 3.8) is 0 Å². The maximum atomic E-state index is 11.7. The molecule has 1 heterocycles. The monoisotopic (exact) mass is 229 g/mol. The smallest absolute Gasteiger partial charge is 0.308 e. The molecule has 16 heavy (non-hydrogen) atoms. The molecule has 2 N–H and O–H groups in total. The van der Waals surface area contributed by atoms with Gasteiger partial charge in [0.05, 0.1) is 18.6 Å². The molecule has 5 heteroatoms. The highest BCUT2D eigenvalue weighted by Gasteiger charge is 2.41. The first kappa shape index (κ1) is 13.0. The third-order valence-electron chi connectivity index (χ3n) is 3.06. The minimum atomic E-state index is -0.943. The summed E-state index contributed by atoms with van der Waals surface area (Å²) in [6, 6.07) is -0.315. The van der Waals surface area contributed by atoms with Crippen LogP contribution in [-0.4, -0.2) is 46.2 Å². The Morgan fingerprint density at radius 3 is 2.44 bits per heavy atom. The number of likely N-dealkylation sites (tertiary alicyclic amines) is 1. The van der Waals surface area contributed by atoms with Crippen LogP contribution >= 0.6 is 0 Å². The van der Waals surface area contributed by atoms with Gasteiger partial charge in [0.25, 0.3) is 0 Å². The molecular formula is C11H19NO4. The van der Waals surface area contributed by atoms with Gasteiger partial charge in [0.1, 0.15) is 0 Å². The number of aliphatic hydroxyl groups excluding tert-OH is 1. The zero-order valence-corrected chi connectivity index (χ0v) is 9.93. The molecule has 0 aromatic rings. The molecule has 0 spiro atoms. The molecule has 1 aliphatic rings. The third kappa shape index (κ3) is 2.52. The van der Waals surface area contributed by atoms with Gasteiger partial charge < -0.3 is 15.1 Å². The zero-order chi connectivity index (χ0) is 12.5. The topological polar surface area (TPSA) is 77.8 Å². The molecule has 5 nitrogen and oxygen atoms in total. The molecule has 1 saturated heterocycles. The maximum absolute atomic E-state index is 11.7. The first-order valence-electron chi connectivity index (χ1n) is 5.40. The second-order valence-electron chi connectivity index (χ2n) is 5.35. The lowest BCUT2D eigenvalue weighted by molar-refractivity contribution is -0.141. The van der Waals surface area contributed by atoms with E-state index >= 15 is 0 Å². The van der Waals surface area contributed by atoms with Crippen LogP contribution in [0.2, 0.25) is 0 Å². The van der Waals surface area contributed by atoms with E-state index in [9.17, 15) is 14.7 Å². The fraction of sp³-hybridized carbons (Fsp3) is 0.818. The Labute approximate surface area is 95.1 Å². The molecule has 92 valence electrons. The molecule has 0 aliphatic carbocycles. The Bertz CT molecular complexity index is 295. The normalized spacial score (nSPS) is 23.6. The quantitative estimate of drug-likeness (QED) is 0.731. The summed E-state index contributed by atoms with van der Waals surface area (Å²) in [6.45, 7) is 5.85. The maximum Gasteiger partial charge on any atom is 0.308 e. The largest absolute Gasteiger partial charge is 0.481 e. The molecule has 2 atom stereocenters. The lowest BCUT2D eigenvalue weighted by Gasteiger charge is -2.36. The van der Waals surface area contributed by atoms with Crippen LogP contribution in [0.5, 0.6) is 0 Å². The van der Waals surface area contributed by atoms with Gasteiger partial charge in [-0.15, -0.1) is 0 Å². The first-order chi connectivity index (χ1) is 7.27. The van der Waals surface area contributed by atoms with Crippen LogP contribution in [0.25, 0.3) is 0 Å². The van der Waals surface area contributed by atoms with Gasteiger partial charge in [-0.25, -0.2) is 0 Å². The van der Waals surface area contributed by atoms with Crippen molar-refractivity contribution in [3.05, 3.63) is 0 Å². The molecule has 0 saturated carbocycles. The number of hydrogen-bond donors (Lipinski definition) is 2. The second kappa shape index (κ2) is 4.41. The van der Waals surface area contributed by atoms with Crippen LogP contribution in [0.1, 0.15) is 27.2 Å². The van der Waals surface area contributed by atoms with Crippen molar-refractivity contribution < 1.29 is 19.8 Å². The summed E-state index contributed by atoms with van der Waals surface area (Å²) in [4.78, 5) is 24.0. The van der Waals surface area contributed by atoms with Crippen LogP contribution in [0.3, 0.4) is 0 Å². The number of carboxylic acid groups (broad SMARTS) is 1. The van der Waals surface area contributed by atoms with Gasteiger partial charge in [0.2, 0.25) is 5.91 Å². The van der Waals surface area contributed by atoms with E-state index in [0.717, 1.165) is 0 Å². The number of hydrogen-bond acceptors (Lipinski definition) is 3. The molecule has 0 radical (unpaired) electrons. The lowest BCUT2D eigenvalue weighted by atomic mass is 9.86. The molecule has 1 rings (SSSR count). The van der Waals surface area contributed by atoms with E-state index in [-0.39, 0.29) is 36.9 Å². The van der Waals surface area contributed by atoms with Crippen molar-refractivity contribution in [2.45, 2.75) is 33.2 Å². The fourth-order valence-electron chi connectivity index (χ4n) is 2.04. The van der Waals surface area contributed by atoms with Crippen molar-refractivity contribution in [2.75, 3.05) is 13.2 Å². The van der Waals surface area contributed by atoms with Crippen molar-refractivity contribution in [3.8, 4) is 0 Å². The average molecular weight is 229 g/mol. The van der Waals surface area contributed by atoms with Crippen molar-refractivity contribution in [1.29, 1.82) is 0 Å². The predicted molar refractivity (Wildman–Crippen MR) is 57.8 cm³/mol. The SMILES string of the molecule is CC(C)(C)[C@@H](CO)N1CC(C(=O)O)CC1=O. The highest BCUT2D eigenvalue weighted by molar-refractivity contribution is 5.86. The number of carbonyl (C=O) groups excluding carboxylic acids is 1. The van der Waals surface area contributed by atoms with E-state index < -0.39 is 11.9 Å². The molecule has 0 bridgehead atoms. The molecule has 0 aromatic carbocycles. The van der Waals surface area contributed by atoms with Gasteiger partial charge in [0.15, 0.2) is 0 Å². The molecule has 1 amide bonds. The van der Waals surface area contributed by atoms with E-state index in [1.807, 2.05) is 20.8 Å². The summed E-state index contributed by atoms with van der Waals surface area (Å²) >= 11 is 0. The Kier molecular flexibility index (Phi) is 3.57. The summed E-state index contributed by atoms with van der Waals surface area (Å²) in [7, 11) is 0. The number of nitrogens with zero attached hydrogens (tertiary/aromatic N) is 1. The van der Waals surface area contributed by atoms with Gasteiger partial charge in [-0.05, 0) is 5.41 Å². The van der Waals surface area contributed by atoms with Crippen LogP contribution in [0, 0.1) is 11.3 Å². The molecule has 1 aliphatic heterocycles. The van der Waals surface area contributed by atoms with Gasteiger partial charge in [-0.1, -0.05) is 20.8 Å². The van der Waals surface area contributed by atoms with Crippen LogP contribution in [-0.2, 0) is 9.59 Å². The number of carboxylic acids is 1. The van der Waals surface area contributed by atoms with E-state index in [4.69, 9.17) is 5.11 Å². The van der Waals surface area contributed by atoms with E-state index in [0.29, 0.717) is 0 Å². The van der Waals surface area contributed by atoms with Crippen molar-refractivity contribution in [2.24, 2.45) is 11.3 Å². The highest BCUT2D eigenvalue weighted by atomic mass is 16.4.